The Labute approximate surface area is 171 Å². The van der Waals surface area contributed by atoms with Crippen molar-refractivity contribution in [3.05, 3.63) is 23.4 Å². The normalized spacial score (nSPS) is 22.9. The van der Waals surface area contributed by atoms with Crippen LogP contribution in [0.25, 0.3) is 0 Å². The van der Waals surface area contributed by atoms with Gasteiger partial charge in [0.2, 0.25) is 11.8 Å². The average Bonchev–Trinajstić information content (AvgIpc) is 3.03. The van der Waals surface area contributed by atoms with Crippen molar-refractivity contribution in [1.29, 1.82) is 0 Å². The Hall–Kier alpha value is -1.08. The van der Waals surface area contributed by atoms with Crippen LogP contribution in [0.2, 0.25) is 5.02 Å². The van der Waals surface area contributed by atoms with Gasteiger partial charge in [0.15, 0.2) is 0 Å². The lowest BCUT2D eigenvalue weighted by Gasteiger charge is -2.33. The van der Waals surface area contributed by atoms with E-state index in [2.05, 4.69) is 10.3 Å². The molecule has 0 bridgehead atoms. The zero-order valence-electron chi connectivity index (χ0n) is 14.4. The third-order valence-corrected chi connectivity index (χ3v) is 5.20. The Morgan fingerprint density at radius 1 is 1.12 bits per heavy atom. The second-order valence-corrected chi connectivity index (χ2v) is 7.16. The molecule has 9 heteroatoms. The maximum Gasteiger partial charge on any atom is 0.228 e. The van der Waals surface area contributed by atoms with Crippen molar-refractivity contribution in [2.24, 2.45) is 17.6 Å². The molecule has 2 aliphatic rings. The van der Waals surface area contributed by atoms with Gasteiger partial charge in [0.05, 0.1) is 5.02 Å². The molecule has 2 unspecified atom stereocenters. The average molecular weight is 424 g/mol. The molecule has 1 aliphatic heterocycles. The quantitative estimate of drug-likeness (QED) is 0.782. The third kappa shape index (κ3) is 5.71. The molecule has 0 radical (unpaired) electrons. The number of nitrogens with zero attached hydrogens (tertiary/aromatic N) is 2. The molecule has 2 amide bonds. The van der Waals surface area contributed by atoms with Crippen LogP contribution in [0.1, 0.15) is 32.1 Å². The number of pyridine rings is 1. The first-order valence-corrected chi connectivity index (χ1v) is 8.87. The number of amides is 2. The first-order valence-electron chi connectivity index (χ1n) is 8.49. The molecule has 0 aromatic carbocycles. The molecule has 146 valence electrons. The Morgan fingerprint density at radius 3 is 2.35 bits per heavy atom. The van der Waals surface area contributed by atoms with Crippen molar-refractivity contribution in [2.45, 2.75) is 38.1 Å². The first-order chi connectivity index (χ1) is 11.5. The predicted octanol–water partition coefficient (Wildman–Crippen LogP) is 2.88. The number of anilines is 1. The van der Waals surface area contributed by atoms with E-state index < -0.39 is 0 Å². The zero-order chi connectivity index (χ0) is 17.1. The molecule has 2 fully saturated rings. The fourth-order valence-electron chi connectivity index (χ4n) is 3.54. The molecule has 0 spiro atoms. The molecule has 1 saturated carbocycles. The van der Waals surface area contributed by atoms with Gasteiger partial charge in [0.25, 0.3) is 0 Å². The second-order valence-electron chi connectivity index (χ2n) is 6.72. The minimum absolute atomic E-state index is 0. The number of nitrogens with one attached hydrogen (secondary N) is 1. The van der Waals surface area contributed by atoms with Gasteiger partial charge < -0.3 is 16.0 Å². The first kappa shape index (κ1) is 23.0. The Morgan fingerprint density at radius 2 is 1.81 bits per heavy atom. The van der Waals surface area contributed by atoms with E-state index in [0.29, 0.717) is 36.8 Å². The summed E-state index contributed by atoms with van der Waals surface area (Å²) in [5.41, 5.74) is 5.90. The Balaban J connectivity index is 0.00000169. The number of hydrogen-bond donors (Lipinski definition) is 2. The van der Waals surface area contributed by atoms with Gasteiger partial charge in [-0.05, 0) is 44.2 Å². The van der Waals surface area contributed by atoms with E-state index in [1.807, 2.05) is 4.90 Å². The Kier molecular flexibility index (Phi) is 9.10. The van der Waals surface area contributed by atoms with Gasteiger partial charge in [-0.15, -0.1) is 24.8 Å². The van der Waals surface area contributed by atoms with Crippen molar-refractivity contribution in [1.82, 2.24) is 9.88 Å². The van der Waals surface area contributed by atoms with E-state index in [9.17, 15) is 9.59 Å². The lowest BCUT2D eigenvalue weighted by Crippen LogP contribution is -2.43. The van der Waals surface area contributed by atoms with Crippen LogP contribution in [0, 0.1) is 11.8 Å². The lowest BCUT2D eigenvalue weighted by atomic mass is 9.94. The smallest absolute Gasteiger partial charge is 0.228 e. The summed E-state index contributed by atoms with van der Waals surface area (Å²) in [5, 5.41) is 3.35. The van der Waals surface area contributed by atoms with Crippen LogP contribution in [-0.4, -0.2) is 40.8 Å². The lowest BCUT2D eigenvalue weighted by molar-refractivity contribution is -0.138. The molecule has 26 heavy (non-hydrogen) atoms. The van der Waals surface area contributed by atoms with Crippen molar-refractivity contribution < 1.29 is 9.59 Å². The van der Waals surface area contributed by atoms with Crippen LogP contribution in [0.5, 0.6) is 0 Å². The molecule has 6 nitrogen and oxygen atoms in total. The summed E-state index contributed by atoms with van der Waals surface area (Å²) in [7, 11) is 0. The summed E-state index contributed by atoms with van der Waals surface area (Å²) in [6.45, 7) is 1.27. The maximum atomic E-state index is 12.5. The van der Waals surface area contributed by atoms with E-state index in [1.54, 1.807) is 12.1 Å². The summed E-state index contributed by atoms with van der Waals surface area (Å²) in [4.78, 5) is 30.8. The number of carbonyl (C=O) groups is 2. The van der Waals surface area contributed by atoms with Crippen LogP contribution in [0.15, 0.2) is 18.3 Å². The number of halogens is 3. The molecule has 2 atom stereocenters. The summed E-state index contributed by atoms with van der Waals surface area (Å²) in [5.74, 6) is 0.657. The number of likely N-dealkylation sites (tertiary alicyclic amines) is 1. The van der Waals surface area contributed by atoms with Crippen LogP contribution in [0.4, 0.5) is 5.82 Å². The predicted molar refractivity (Wildman–Crippen MR) is 107 cm³/mol. The summed E-state index contributed by atoms with van der Waals surface area (Å²) in [6, 6.07) is 3.54. The zero-order valence-corrected chi connectivity index (χ0v) is 16.8. The van der Waals surface area contributed by atoms with E-state index in [1.165, 1.54) is 6.20 Å². The van der Waals surface area contributed by atoms with Crippen molar-refractivity contribution in [2.75, 3.05) is 18.4 Å². The van der Waals surface area contributed by atoms with Gasteiger partial charge in [-0.25, -0.2) is 4.98 Å². The standard InChI is InChI=1S/C17H23ClN4O2.2ClH/c18-13-2-4-15(20-10-13)21-16(23)11-5-7-22(8-6-11)17(24)12-1-3-14(19)9-12;;/h2,4,10-12,14H,1,3,5-9,19H2,(H,20,21,23);2*1H. The highest BCUT2D eigenvalue weighted by atomic mass is 35.5. The van der Waals surface area contributed by atoms with E-state index in [-0.39, 0.29) is 54.5 Å². The molecule has 3 rings (SSSR count). The maximum absolute atomic E-state index is 12.5. The fraction of sp³-hybridized carbons (Fsp3) is 0.588. The number of carbonyl (C=O) groups excluding carboxylic acids is 2. The van der Waals surface area contributed by atoms with E-state index in [0.717, 1.165) is 19.3 Å². The Bertz CT molecular complexity index is 607. The van der Waals surface area contributed by atoms with Crippen molar-refractivity contribution in [3.63, 3.8) is 0 Å². The highest BCUT2D eigenvalue weighted by Gasteiger charge is 2.34. The minimum atomic E-state index is -0.0858. The van der Waals surface area contributed by atoms with Crippen LogP contribution >= 0.6 is 36.4 Å². The van der Waals surface area contributed by atoms with Crippen LogP contribution in [0.3, 0.4) is 0 Å². The molecular formula is C17H25Cl3N4O2. The second kappa shape index (κ2) is 10.3. The van der Waals surface area contributed by atoms with Crippen molar-refractivity contribution in [3.8, 4) is 0 Å². The number of hydrogen-bond acceptors (Lipinski definition) is 4. The number of nitrogens with two attached hydrogens (primary N) is 1. The third-order valence-electron chi connectivity index (χ3n) is 4.98. The number of rotatable bonds is 3. The number of piperidine rings is 1. The fourth-order valence-corrected chi connectivity index (χ4v) is 3.65. The van der Waals surface area contributed by atoms with Gasteiger partial charge >= 0.3 is 0 Å². The summed E-state index contributed by atoms with van der Waals surface area (Å²) in [6.07, 6.45) is 5.49. The van der Waals surface area contributed by atoms with Gasteiger partial charge in [0, 0.05) is 37.2 Å². The van der Waals surface area contributed by atoms with Gasteiger partial charge in [-0.3, -0.25) is 9.59 Å². The largest absolute Gasteiger partial charge is 0.342 e. The summed E-state index contributed by atoms with van der Waals surface area (Å²) < 4.78 is 0. The van der Waals surface area contributed by atoms with E-state index >= 15 is 0 Å². The van der Waals surface area contributed by atoms with Gasteiger partial charge in [-0.2, -0.15) is 0 Å². The molecule has 3 N–H and O–H groups in total. The van der Waals surface area contributed by atoms with Gasteiger partial charge in [0.1, 0.15) is 5.82 Å². The van der Waals surface area contributed by atoms with E-state index in [4.69, 9.17) is 17.3 Å². The van der Waals surface area contributed by atoms with Gasteiger partial charge in [-0.1, -0.05) is 11.6 Å². The highest BCUT2D eigenvalue weighted by molar-refractivity contribution is 6.30. The molecule has 2 heterocycles. The topological polar surface area (TPSA) is 88.3 Å². The van der Waals surface area contributed by atoms with Crippen LogP contribution < -0.4 is 11.1 Å². The molecule has 1 saturated heterocycles. The molecule has 1 aromatic rings. The molecule has 1 aromatic heterocycles. The van der Waals surface area contributed by atoms with Crippen LogP contribution in [-0.2, 0) is 9.59 Å². The SMILES string of the molecule is Cl.Cl.NC1CCC(C(=O)N2CCC(C(=O)Nc3ccc(Cl)cn3)CC2)C1. The molecule has 1 aliphatic carbocycles. The monoisotopic (exact) mass is 422 g/mol. The highest BCUT2D eigenvalue weighted by Crippen LogP contribution is 2.28. The number of aromatic nitrogens is 1. The molecular weight excluding hydrogens is 399 g/mol. The summed E-state index contributed by atoms with van der Waals surface area (Å²) >= 11 is 5.78. The minimum Gasteiger partial charge on any atom is -0.342 e. The van der Waals surface area contributed by atoms with Crippen molar-refractivity contribution >= 4 is 54.0 Å².